The number of esters is 1. The summed E-state index contributed by atoms with van der Waals surface area (Å²) in [7, 11) is 1.56. The van der Waals surface area contributed by atoms with Crippen molar-refractivity contribution in [3.8, 4) is 5.06 Å². The van der Waals surface area contributed by atoms with E-state index in [9.17, 15) is 9.59 Å². The lowest BCUT2D eigenvalue weighted by Gasteiger charge is -2.28. The van der Waals surface area contributed by atoms with Gasteiger partial charge in [0, 0.05) is 16.0 Å². The summed E-state index contributed by atoms with van der Waals surface area (Å²) in [6, 6.07) is 8.87. The van der Waals surface area contributed by atoms with Crippen molar-refractivity contribution < 1.29 is 19.1 Å². The molecule has 0 spiro atoms. The summed E-state index contributed by atoms with van der Waals surface area (Å²) in [6.45, 7) is 4.23. The summed E-state index contributed by atoms with van der Waals surface area (Å²) >= 11 is 1.47. The first-order valence-corrected chi connectivity index (χ1v) is 9.59. The van der Waals surface area contributed by atoms with Crippen LogP contribution < -0.4 is 10.1 Å². The second kappa shape index (κ2) is 7.91. The molecular formula is C20H23NO4S. The van der Waals surface area contributed by atoms with Crippen LogP contribution in [0.4, 0.5) is 0 Å². The minimum atomic E-state index is -0.393. The molecule has 138 valence electrons. The van der Waals surface area contributed by atoms with Gasteiger partial charge in [-0.05, 0) is 37.8 Å². The number of hydrogen-bond acceptors (Lipinski definition) is 5. The van der Waals surface area contributed by atoms with Crippen LogP contribution in [-0.2, 0) is 11.2 Å². The lowest BCUT2D eigenvalue weighted by atomic mass is 9.84. The molecule has 0 bridgehead atoms. The van der Waals surface area contributed by atoms with E-state index >= 15 is 0 Å². The van der Waals surface area contributed by atoms with Crippen LogP contribution in [0.5, 0.6) is 5.06 Å². The molecule has 2 unspecified atom stereocenters. The summed E-state index contributed by atoms with van der Waals surface area (Å²) < 4.78 is 10.7. The van der Waals surface area contributed by atoms with E-state index < -0.39 is 5.97 Å². The number of nitrogens with one attached hydrogen (secondary N) is 1. The van der Waals surface area contributed by atoms with Crippen LogP contribution in [0.15, 0.2) is 30.3 Å². The van der Waals surface area contributed by atoms with Gasteiger partial charge in [-0.15, -0.1) is 11.3 Å². The van der Waals surface area contributed by atoms with Gasteiger partial charge in [-0.3, -0.25) is 4.79 Å². The summed E-state index contributed by atoms with van der Waals surface area (Å²) in [6.07, 6.45) is 1.64. The fourth-order valence-electron chi connectivity index (χ4n) is 3.41. The molecule has 1 aromatic carbocycles. The fourth-order valence-corrected chi connectivity index (χ4v) is 4.73. The SMILES string of the molecule is CCOC(=O)c1c(OC)sc2c1C(NC(=O)c1ccccc1)CC(C)C2. The van der Waals surface area contributed by atoms with E-state index in [1.165, 1.54) is 11.3 Å². The third kappa shape index (κ3) is 3.60. The number of thiophene rings is 1. The highest BCUT2D eigenvalue weighted by Crippen LogP contribution is 2.45. The number of methoxy groups -OCH3 is 1. The number of ether oxygens (including phenoxy) is 2. The van der Waals surface area contributed by atoms with E-state index in [4.69, 9.17) is 9.47 Å². The van der Waals surface area contributed by atoms with Crippen LogP contribution in [0.25, 0.3) is 0 Å². The summed E-state index contributed by atoms with van der Waals surface area (Å²) in [5.74, 6) is -0.132. The van der Waals surface area contributed by atoms with Crippen molar-refractivity contribution >= 4 is 23.2 Å². The molecular weight excluding hydrogens is 350 g/mol. The smallest absolute Gasteiger partial charge is 0.343 e. The maximum Gasteiger partial charge on any atom is 0.343 e. The van der Waals surface area contributed by atoms with Gasteiger partial charge in [-0.25, -0.2) is 4.79 Å². The van der Waals surface area contributed by atoms with Crippen molar-refractivity contribution in [1.82, 2.24) is 5.32 Å². The Morgan fingerprint density at radius 1 is 1.27 bits per heavy atom. The first-order chi connectivity index (χ1) is 12.5. The second-order valence-electron chi connectivity index (χ2n) is 6.46. The van der Waals surface area contributed by atoms with Crippen LogP contribution in [0, 0.1) is 5.92 Å². The maximum atomic E-state index is 12.7. The van der Waals surface area contributed by atoms with Crippen molar-refractivity contribution in [2.24, 2.45) is 5.92 Å². The summed E-state index contributed by atoms with van der Waals surface area (Å²) in [4.78, 5) is 26.3. The predicted octanol–water partition coefficient (Wildman–Crippen LogP) is 3.99. The van der Waals surface area contributed by atoms with Crippen LogP contribution in [0.1, 0.15) is 57.5 Å². The van der Waals surface area contributed by atoms with Crippen molar-refractivity contribution in [1.29, 1.82) is 0 Å². The van der Waals surface area contributed by atoms with Crippen molar-refractivity contribution in [2.45, 2.75) is 32.7 Å². The Morgan fingerprint density at radius 2 is 2.00 bits per heavy atom. The number of carbonyl (C=O) groups excluding carboxylic acids is 2. The number of hydrogen-bond donors (Lipinski definition) is 1. The van der Waals surface area contributed by atoms with Gasteiger partial charge in [0.2, 0.25) is 0 Å². The molecule has 2 atom stereocenters. The Labute approximate surface area is 157 Å². The largest absolute Gasteiger partial charge is 0.487 e. The number of benzene rings is 1. The van der Waals surface area contributed by atoms with Gasteiger partial charge in [0.05, 0.1) is 19.8 Å². The summed E-state index contributed by atoms with van der Waals surface area (Å²) in [5.41, 5.74) is 1.92. The van der Waals surface area contributed by atoms with E-state index in [2.05, 4.69) is 12.2 Å². The highest BCUT2D eigenvalue weighted by Gasteiger charge is 2.35. The van der Waals surface area contributed by atoms with Gasteiger partial charge in [0.25, 0.3) is 5.91 Å². The van der Waals surface area contributed by atoms with E-state index in [1.54, 1.807) is 26.2 Å². The Kier molecular flexibility index (Phi) is 5.61. The van der Waals surface area contributed by atoms with Crippen molar-refractivity contribution in [3.63, 3.8) is 0 Å². The van der Waals surface area contributed by atoms with E-state index in [0.29, 0.717) is 28.7 Å². The topological polar surface area (TPSA) is 64.6 Å². The molecule has 26 heavy (non-hydrogen) atoms. The fraction of sp³-hybridized carbons (Fsp3) is 0.400. The van der Waals surface area contributed by atoms with Gasteiger partial charge >= 0.3 is 5.97 Å². The van der Waals surface area contributed by atoms with Crippen molar-refractivity contribution in [3.05, 3.63) is 51.9 Å². The first kappa shape index (κ1) is 18.5. The second-order valence-corrected chi connectivity index (χ2v) is 7.53. The highest BCUT2D eigenvalue weighted by molar-refractivity contribution is 7.14. The zero-order valence-corrected chi connectivity index (χ0v) is 16.0. The van der Waals surface area contributed by atoms with Crippen LogP contribution >= 0.6 is 11.3 Å². The maximum absolute atomic E-state index is 12.7. The van der Waals surface area contributed by atoms with Crippen LogP contribution in [-0.4, -0.2) is 25.6 Å². The molecule has 0 saturated heterocycles. The van der Waals surface area contributed by atoms with Gasteiger partial charge in [-0.1, -0.05) is 25.1 Å². The molecule has 5 nitrogen and oxygen atoms in total. The lowest BCUT2D eigenvalue weighted by Crippen LogP contribution is -2.33. The van der Waals surface area contributed by atoms with Crippen LogP contribution in [0.3, 0.4) is 0 Å². The van der Waals surface area contributed by atoms with Crippen LogP contribution in [0.2, 0.25) is 0 Å². The molecule has 1 N–H and O–H groups in total. The molecule has 3 rings (SSSR count). The van der Waals surface area contributed by atoms with Gasteiger partial charge < -0.3 is 14.8 Å². The average molecular weight is 373 g/mol. The minimum Gasteiger partial charge on any atom is -0.487 e. The number of carbonyl (C=O) groups is 2. The molecule has 1 aliphatic carbocycles. The van der Waals surface area contributed by atoms with Gasteiger partial charge in [0.15, 0.2) is 5.06 Å². The van der Waals surface area contributed by atoms with Gasteiger partial charge in [0.1, 0.15) is 5.56 Å². The monoisotopic (exact) mass is 373 g/mol. The quantitative estimate of drug-likeness (QED) is 0.805. The third-order valence-corrected chi connectivity index (χ3v) is 5.71. The predicted molar refractivity (Wildman–Crippen MR) is 101 cm³/mol. The summed E-state index contributed by atoms with van der Waals surface area (Å²) in [5, 5.41) is 3.66. The molecule has 1 aromatic heterocycles. The molecule has 0 radical (unpaired) electrons. The highest BCUT2D eigenvalue weighted by atomic mass is 32.1. The molecule has 0 saturated carbocycles. The molecule has 0 fully saturated rings. The molecule has 0 aliphatic heterocycles. The Balaban J connectivity index is 1.97. The molecule has 6 heteroatoms. The first-order valence-electron chi connectivity index (χ1n) is 8.77. The minimum absolute atomic E-state index is 0.143. The van der Waals surface area contributed by atoms with Crippen molar-refractivity contribution in [2.75, 3.05) is 13.7 Å². The Bertz CT molecular complexity index is 800. The molecule has 1 aliphatic rings. The van der Waals surface area contributed by atoms with Gasteiger partial charge in [-0.2, -0.15) is 0 Å². The molecule has 2 aromatic rings. The number of amides is 1. The van der Waals surface area contributed by atoms with E-state index in [-0.39, 0.29) is 11.9 Å². The zero-order chi connectivity index (χ0) is 18.7. The normalized spacial score (nSPS) is 18.7. The average Bonchev–Trinajstić information content (AvgIpc) is 3.01. The molecule has 1 heterocycles. The Hall–Kier alpha value is -2.34. The number of fused-ring (bicyclic) bond motifs is 1. The Morgan fingerprint density at radius 3 is 2.65 bits per heavy atom. The van der Waals surface area contributed by atoms with E-state index in [1.807, 2.05) is 18.2 Å². The third-order valence-electron chi connectivity index (χ3n) is 4.52. The van der Waals surface area contributed by atoms with E-state index in [0.717, 1.165) is 23.3 Å². The molecule has 1 amide bonds. The standard InChI is InChI=1S/C20H23NO4S/c1-4-25-19(23)17-16-14(21-18(22)13-8-6-5-7-9-13)10-12(2)11-15(16)26-20(17)24-3/h5-9,12,14H,4,10-11H2,1-3H3,(H,21,22). The zero-order valence-electron chi connectivity index (χ0n) is 15.2. The lowest BCUT2D eigenvalue weighted by molar-refractivity contribution is 0.0520. The number of rotatable bonds is 5.